The van der Waals surface area contributed by atoms with Gasteiger partial charge in [-0.2, -0.15) is 5.10 Å². The lowest BCUT2D eigenvalue weighted by Crippen LogP contribution is -2.08. The largest absolute Gasteiger partial charge is 0.370 e. The van der Waals surface area contributed by atoms with Crippen LogP contribution >= 0.6 is 0 Å². The Morgan fingerprint density at radius 3 is 2.62 bits per heavy atom. The number of nitrogens with one attached hydrogen (secondary N) is 2. The summed E-state index contributed by atoms with van der Waals surface area (Å²) in [4.78, 5) is 14.8. The van der Waals surface area contributed by atoms with Gasteiger partial charge in [0.1, 0.15) is 11.6 Å². The van der Waals surface area contributed by atoms with Crippen LogP contribution in [-0.2, 0) is 13.5 Å². The van der Waals surface area contributed by atoms with Gasteiger partial charge >= 0.3 is 0 Å². The van der Waals surface area contributed by atoms with Gasteiger partial charge in [0.15, 0.2) is 0 Å². The molecule has 21 heavy (non-hydrogen) atoms. The monoisotopic (exact) mass is 290 g/mol. The molecule has 0 saturated carbocycles. The SMILES string of the molecule is CCNc1cc([N+](=O)[O-])cc(NCCc2cnn(C)c2)n1. The topological polar surface area (TPSA) is 97.9 Å². The lowest BCUT2D eigenvalue weighted by molar-refractivity contribution is -0.384. The van der Waals surface area contributed by atoms with Crippen molar-refractivity contribution in [2.45, 2.75) is 13.3 Å². The zero-order chi connectivity index (χ0) is 15.2. The van der Waals surface area contributed by atoms with Gasteiger partial charge in [0.2, 0.25) is 0 Å². The van der Waals surface area contributed by atoms with Crippen molar-refractivity contribution in [3.05, 3.63) is 40.2 Å². The molecule has 2 aromatic heterocycles. The quantitative estimate of drug-likeness (QED) is 0.596. The van der Waals surface area contributed by atoms with E-state index in [4.69, 9.17) is 0 Å². The van der Waals surface area contributed by atoms with Crippen LogP contribution < -0.4 is 10.6 Å². The number of hydrogen-bond acceptors (Lipinski definition) is 6. The number of aryl methyl sites for hydroxylation is 1. The third-order valence-electron chi connectivity index (χ3n) is 2.86. The second kappa shape index (κ2) is 6.69. The third-order valence-corrected chi connectivity index (χ3v) is 2.86. The average molecular weight is 290 g/mol. The molecule has 0 bridgehead atoms. The number of nitro groups is 1. The molecule has 0 fully saturated rings. The van der Waals surface area contributed by atoms with Gasteiger partial charge in [0.05, 0.1) is 23.3 Å². The molecule has 0 amide bonds. The Balaban J connectivity index is 2.02. The first-order valence-electron chi connectivity index (χ1n) is 6.70. The van der Waals surface area contributed by atoms with Crippen LogP contribution in [0.15, 0.2) is 24.5 Å². The van der Waals surface area contributed by atoms with Crippen LogP contribution in [0.2, 0.25) is 0 Å². The standard InChI is InChI=1S/C13H18N6O2/c1-3-14-12-6-11(19(20)21)7-13(17-12)15-5-4-10-8-16-18(2)9-10/h6-9H,3-5H2,1-2H3,(H2,14,15,17). The number of hydrogen-bond donors (Lipinski definition) is 2. The third kappa shape index (κ3) is 4.16. The van der Waals surface area contributed by atoms with Crippen molar-refractivity contribution in [2.24, 2.45) is 7.05 Å². The molecule has 8 nitrogen and oxygen atoms in total. The highest BCUT2D eigenvalue weighted by Gasteiger charge is 2.10. The predicted molar refractivity (Wildman–Crippen MR) is 80.5 cm³/mol. The second-order valence-corrected chi connectivity index (χ2v) is 4.58. The summed E-state index contributed by atoms with van der Waals surface area (Å²) in [7, 11) is 1.86. The molecule has 8 heteroatoms. The molecule has 112 valence electrons. The highest BCUT2D eigenvalue weighted by Crippen LogP contribution is 2.20. The zero-order valence-electron chi connectivity index (χ0n) is 12.0. The van der Waals surface area contributed by atoms with E-state index >= 15 is 0 Å². The molecule has 2 heterocycles. The van der Waals surface area contributed by atoms with Gasteiger partial charge in [-0.05, 0) is 18.9 Å². The summed E-state index contributed by atoms with van der Waals surface area (Å²) in [6, 6.07) is 2.86. The van der Waals surface area contributed by atoms with Crippen LogP contribution in [0.4, 0.5) is 17.3 Å². The Kier molecular flexibility index (Phi) is 4.70. The first-order valence-corrected chi connectivity index (χ1v) is 6.70. The predicted octanol–water partition coefficient (Wildman–Crippen LogP) is 1.81. The fourth-order valence-corrected chi connectivity index (χ4v) is 1.92. The van der Waals surface area contributed by atoms with Gasteiger partial charge < -0.3 is 10.6 Å². The average Bonchev–Trinajstić information content (AvgIpc) is 2.84. The van der Waals surface area contributed by atoms with E-state index in [2.05, 4.69) is 20.7 Å². The maximum Gasteiger partial charge on any atom is 0.276 e. The van der Waals surface area contributed by atoms with Crippen molar-refractivity contribution < 1.29 is 4.92 Å². The van der Waals surface area contributed by atoms with Crippen molar-refractivity contribution in [3.8, 4) is 0 Å². The van der Waals surface area contributed by atoms with Crippen molar-refractivity contribution in [3.63, 3.8) is 0 Å². The van der Waals surface area contributed by atoms with E-state index in [0.29, 0.717) is 24.7 Å². The van der Waals surface area contributed by atoms with Crippen LogP contribution in [0.1, 0.15) is 12.5 Å². The van der Waals surface area contributed by atoms with Crippen LogP contribution in [0.5, 0.6) is 0 Å². The number of rotatable bonds is 7. The molecular formula is C13H18N6O2. The van der Waals surface area contributed by atoms with Crippen LogP contribution in [0.3, 0.4) is 0 Å². The zero-order valence-corrected chi connectivity index (χ0v) is 12.0. The van der Waals surface area contributed by atoms with Gasteiger partial charge in [0.25, 0.3) is 5.69 Å². The van der Waals surface area contributed by atoms with Crippen LogP contribution in [-0.4, -0.2) is 32.8 Å². The van der Waals surface area contributed by atoms with Crippen molar-refractivity contribution >= 4 is 17.3 Å². The summed E-state index contributed by atoms with van der Waals surface area (Å²) in [6.45, 7) is 3.20. The minimum absolute atomic E-state index is 0.0184. The first-order chi connectivity index (χ1) is 10.1. The lowest BCUT2D eigenvalue weighted by Gasteiger charge is -2.08. The molecule has 0 spiro atoms. The highest BCUT2D eigenvalue weighted by molar-refractivity contribution is 5.54. The van der Waals surface area contributed by atoms with Gasteiger partial charge in [-0.1, -0.05) is 0 Å². The maximum absolute atomic E-state index is 10.9. The molecule has 0 unspecified atom stereocenters. The van der Waals surface area contributed by atoms with Crippen LogP contribution in [0.25, 0.3) is 0 Å². The summed E-state index contributed by atoms with van der Waals surface area (Å²) < 4.78 is 1.74. The summed E-state index contributed by atoms with van der Waals surface area (Å²) in [6.07, 6.45) is 4.51. The molecule has 0 aliphatic heterocycles. The fourth-order valence-electron chi connectivity index (χ4n) is 1.92. The van der Waals surface area contributed by atoms with Crippen molar-refractivity contribution in [2.75, 3.05) is 23.7 Å². The van der Waals surface area contributed by atoms with Crippen molar-refractivity contribution in [1.82, 2.24) is 14.8 Å². The number of nitrogens with zero attached hydrogens (tertiary/aromatic N) is 4. The molecule has 0 aromatic carbocycles. The maximum atomic E-state index is 10.9. The van der Waals surface area contributed by atoms with Crippen molar-refractivity contribution in [1.29, 1.82) is 0 Å². The summed E-state index contributed by atoms with van der Waals surface area (Å²) in [5, 5.41) is 21.1. The normalized spacial score (nSPS) is 10.4. The summed E-state index contributed by atoms with van der Waals surface area (Å²) in [5.41, 5.74) is 1.12. The molecule has 2 N–H and O–H groups in total. The second-order valence-electron chi connectivity index (χ2n) is 4.58. The minimum Gasteiger partial charge on any atom is -0.370 e. The van der Waals surface area contributed by atoms with E-state index in [1.54, 1.807) is 10.9 Å². The lowest BCUT2D eigenvalue weighted by atomic mass is 10.2. The van der Waals surface area contributed by atoms with E-state index < -0.39 is 4.92 Å². The number of anilines is 2. The molecule has 2 rings (SSSR count). The minimum atomic E-state index is -0.422. The molecule has 0 atom stereocenters. The van der Waals surface area contributed by atoms with E-state index in [9.17, 15) is 10.1 Å². The molecule has 2 aromatic rings. The Labute approximate surface area is 122 Å². The molecule has 0 saturated heterocycles. The van der Waals surface area contributed by atoms with E-state index in [1.165, 1.54) is 12.1 Å². The van der Waals surface area contributed by atoms with E-state index in [1.807, 2.05) is 20.2 Å². The van der Waals surface area contributed by atoms with Gasteiger partial charge in [-0.15, -0.1) is 0 Å². The van der Waals surface area contributed by atoms with Gasteiger partial charge in [-0.25, -0.2) is 4.98 Å². The number of pyridine rings is 1. The summed E-state index contributed by atoms with van der Waals surface area (Å²) in [5.74, 6) is 0.986. The Morgan fingerprint density at radius 2 is 2.05 bits per heavy atom. The van der Waals surface area contributed by atoms with Gasteiger partial charge in [0, 0.05) is 26.3 Å². The Bertz CT molecular complexity index is 625. The number of aromatic nitrogens is 3. The van der Waals surface area contributed by atoms with E-state index in [0.717, 1.165) is 12.0 Å². The Hall–Kier alpha value is -2.64. The molecule has 0 aliphatic rings. The van der Waals surface area contributed by atoms with Crippen LogP contribution in [0, 0.1) is 10.1 Å². The molecule has 0 aliphatic carbocycles. The molecule has 0 radical (unpaired) electrons. The summed E-state index contributed by atoms with van der Waals surface area (Å²) >= 11 is 0. The van der Waals surface area contributed by atoms with Gasteiger partial charge in [-0.3, -0.25) is 14.8 Å². The fraction of sp³-hybridized carbons (Fsp3) is 0.385. The van der Waals surface area contributed by atoms with E-state index in [-0.39, 0.29) is 5.69 Å². The highest BCUT2D eigenvalue weighted by atomic mass is 16.6. The first kappa shape index (κ1) is 14.8. The smallest absolute Gasteiger partial charge is 0.276 e. The Morgan fingerprint density at radius 1 is 1.33 bits per heavy atom. The molecular weight excluding hydrogens is 272 g/mol.